The molecule has 21 heavy (non-hydrogen) atoms. The van der Waals surface area contributed by atoms with Crippen molar-refractivity contribution in [2.75, 3.05) is 37.0 Å². The van der Waals surface area contributed by atoms with Gasteiger partial charge in [-0.1, -0.05) is 12.1 Å². The summed E-state index contributed by atoms with van der Waals surface area (Å²) in [6.07, 6.45) is -0.0191. The summed E-state index contributed by atoms with van der Waals surface area (Å²) in [6.45, 7) is 4.33. The van der Waals surface area contributed by atoms with Crippen LogP contribution in [-0.4, -0.2) is 36.7 Å². The van der Waals surface area contributed by atoms with Crippen LogP contribution < -0.4 is 10.2 Å². The van der Waals surface area contributed by atoms with E-state index >= 15 is 0 Å². The van der Waals surface area contributed by atoms with E-state index in [0.29, 0.717) is 6.61 Å². The molecule has 110 valence electrons. The van der Waals surface area contributed by atoms with E-state index < -0.39 is 0 Å². The Kier molecular flexibility index (Phi) is 4.01. The number of ether oxygens (including phenoxy) is 1. The average Bonchev–Trinajstić information content (AvgIpc) is 2.55. The van der Waals surface area contributed by atoms with Crippen LogP contribution in [0.15, 0.2) is 36.4 Å². The summed E-state index contributed by atoms with van der Waals surface area (Å²) >= 11 is 0. The highest BCUT2D eigenvalue weighted by Crippen LogP contribution is 2.24. The molecule has 1 N–H and O–H groups in total. The SMILES string of the molecule is CNc1cccc(C2CN(c3cccc(C)n3)CCO2)n1. The Hall–Kier alpha value is -2.14. The standard InChI is InChI=1S/C16H20N4O/c1-12-5-3-8-16(18-12)20-9-10-21-14(11-20)13-6-4-7-15(17-2)19-13/h3-8,14H,9-11H2,1-2H3,(H,17,19). The van der Waals surface area contributed by atoms with Crippen LogP contribution in [0.25, 0.3) is 0 Å². The number of pyridine rings is 2. The van der Waals surface area contributed by atoms with Gasteiger partial charge in [0.15, 0.2) is 0 Å². The number of morpholine rings is 1. The van der Waals surface area contributed by atoms with Crippen LogP contribution in [0.3, 0.4) is 0 Å². The molecule has 1 aliphatic rings. The minimum absolute atomic E-state index is 0.0191. The van der Waals surface area contributed by atoms with Gasteiger partial charge in [0, 0.05) is 19.3 Å². The molecule has 1 atom stereocenters. The third-order valence-electron chi connectivity index (χ3n) is 3.62. The summed E-state index contributed by atoms with van der Waals surface area (Å²) in [7, 11) is 1.87. The van der Waals surface area contributed by atoms with Crippen LogP contribution >= 0.6 is 0 Å². The minimum Gasteiger partial charge on any atom is -0.373 e. The van der Waals surface area contributed by atoms with E-state index in [9.17, 15) is 0 Å². The van der Waals surface area contributed by atoms with Crippen molar-refractivity contribution < 1.29 is 4.74 Å². The first-order chi connectivity index (χ1) is 10.3. The first-order valence-corrected chi connectivity index (χ1v) is 7.21. The molecule has 5 nitrogen and oxygen atoms in total. The lowest BCUT2D eigenvalue weighted by Crippen LogP contribution is -2.39. The van der Waals surface area contributed by atoms with E-state index in [1.54, 1.807) is 0 Å². The zero-order chi connectivity index (χ0) is 14.7. The number of hydrogen-bond donors (Lipinski definition) is 1. The van der Waals surface area contributed by atoms with Crippen LogP contribution in [0.2, 0.25) is 0 Å². The maximum Gasteiger partial charge on any atom is 0.128 e. The van der Waals surface area contributed by atoms with Gasteiger partial charge in [0.2, 0.25) is 0 Å². The summed E-state index contributed by atoms with van der Waals surface area (Å²) in [4.78, 5) is 11.4. The molecule has 0 aliphatic carbocycles. The number of rotatable bonds is 3. The molecule has 1 fully saturated rings. The number of aromatic nitrogens is 2. The predicted octanol–water partition coefficient (Wildman–Crippen LogP) is 2.40. The molecule has 3 rings (SSSR count). The Labute approximate surface area is 125 Å². The van der Waals surface area contributed by atoms with E-state index in [0.717, 1.165) is 36.1 Å². The molecule has 0 radical (unpaired) electrons. The third-order valence-corrected chi connectivity index (χ3v) is 3.62. The molecule has 0 spiro atoms. The largest absolute Gasteiger partial charge is 0.373 e. The fourth-order valence-electron chi connectivity index (χ4n) is 2.51. The second-order valence-electron chi connectivity index (χ2n) is 5.14. The highest BCUT2D eigenvalue weighted by atomic mass is 16.5. The molecular formula is C16H20N4O. The van der Waals surface area contributed by atoms with Crippen molar-refractivity contribution in [2.24, 2.45) is 0 Å². The van der Waals surface area contributed by atoms with Crippen LogP contribution in [0.5, 0.6) is 0 Å². The van der Waals surface area contributed by atoms with Gasteiger partial charge in [-0.15, -0.1) is 0 Å². The molecule has 1 unspecified atom stereocenters. The van der Waals surface area contributed by atoms with Crippen LogP contribution in [-0.2, 0) is 4.74 Å². The Bertz CT molecular complexity index is 617. The zero-order valence-corrected chi connectivity index (χ0v) is 12.4. The highest BCUT2D eigenvalue weighted by Gasteiger charge is 2.24. The van der Waals surface area contributed by atoms with Gasteiger partial charge < -0.3 is 15.0 Å². The van der Waals surface area contributed by atoms with Crippen molar-refractivity contribution in [2.45, 2.75) is 13.0 Å². The lowest BCUT2D eigenvalue weighted by atomic mass is 10.2. The molecule has 1 aliphatic heterocycles. The van der Waals surface area contributed by atoms with E-state index in [1.807, 2.05) is 50.4 Å². The van der Waals surface area contributed by atoms with Crippen molar-refractivity contribution >= 4 is 11.6 Å². The average molecular weight is 284 g/mol. The van der Waals surface area contributed by atoms with E-state index in [2.05, 4.69) is 20.2 Å². The Morgan fingerprint density at radius 3 is 2.86 bits per heavy atom. The van der Waals surface area contributed by atoms with E-state index in [1.165, 1.54) is 0 Å². The molecule has 2 aromatic heterocycles. The maximum atomic E-state index is 5.89. The van der Waals surface area contributed by atoms with Crippen LogP contribution in [0.4, 0.5) is 11.6 Å². The lowest BCUT2D eigenvalue weighted by Gasteiger charge is -2.33. The smallest absolute Gasteiger partial charge is 0.128 e. The summed E-state index contributed by atoms with van der Waals surface area (Å²) in [6, 6.07) is 12.1. The molecule has 0 saturated carbocycles. The third kappa shape index (κ3) is 3.13. The summed E-state index contributed by atoms with van der Waals surface area (Å²) < 4.78 is 5.89. The first-order valence-electron chi connectivity index (χ1n) is 7.21. The van der Waals surface area contributed by atoms with E-state index in [-0.39, 0.29) is 6.10 Å². The molecular weight excluding hydrogens is 264 g/mol. The van der Waals surface area contributed by atoms with Gasteiger partial charge in [-0.05, 0) is 31.2 Å². The number of nitrogens with zero attached hydrogens (tertiary/aromatic N) is 3. The fourth-order valence-corrected chi connectivity index (χ4v) is 2.51. The minimum atomic E-state index is -0.0191. The number of nitrogens with one attached hydrogen (secondary N) is 1. The molecule has 1 saturated heterocycles. The van der Waals surface area contributed by atoms with Gasteiger partial charge >= 0.3 is 0 Å². The topological polar surface area (TPSA) is 50.3 Å². The normalized spacial score (nSPS) is 18.6. The van der Waals surface area contributed by atoms with Crippen molar-refractivity contribution in [1.29, 1.82) is 0 Å². The molecule has 0 amide bonds. The predicted molar refractivity (Wildman–Crippen MR) is 83.7 cm³/mol. The van der Waals surface area contributed by atoms with Crippen molar-refractivity contribution in [1.82, 2.24) is 9.97 Å². The van der Waals surface area contributed by atoms with Gasteiger partial charge in [0.25, 0.3) is 0 Å². The summed E-state index contributed by atoms with van der Waals surface area (Å²) in [5.74, 6) is 1.87. The second-order valence-corrected chi connectivity index (χ2v) is 5.14. The Morgan fingerprint density at radius 1 is 1.19 bits per heavy atom. The van der Waals surface area contributed by atoms with Gasteiger partial charge in [0.05, 0.1) is 18.8 Å². The molecule has 0 bridgehead atoms. The number of anilines is 2. The molecule has 2 aromatic rings. The van der Waals surface area contributed by atoms with Crippen molar-refractivity contribution in [3.8, 4) is 0 Å². The van der Waals surface area contributed by atoms with E-state index in [4.69, 9.17) is 4.74 Å². The Balaban J connectivity index is 1.79. The second kappa shape index (κ2) is 6.10. The summed E-state index contributed by atoms with van der Waals surface area (Å²) in [5, 5.41) is 3.06. The molecule has 0 aromatic carbocycles. The maximum absolute atomic E-state index is 5.89. The zero-order valence-electron chi connectivity index (χ0n) is 12.4. The van der Waals surface area contributed by atoms with Gasteiger partial charge in [-0.2, -0.15) is 0 Å². The van der Waals surface area contributed by atoms with Crippen LogP contribution in [0.1, 0.15) is 17.5 Å². The molecule has 5 heteroatoms. The Morgan fingerprint density at radius 2 is 2.05 bits per heavy atom. The fraction of sp³-hybridized carbons (Fsp3) is 0.375. The highest BCUT2D eigenvalue weighted by molar-refractivity contribution is 5.41. The van der Waals surface area contributed by atoms with Gasteiger partial charge in [-0.25, -0.2) is 9.97 Å². The van der Waals surface area contributed by atoms with Crippen molar-refractivity contribution in [3.05, 3.63) is 47.8 Å². The van der Waals surface area contributed by atoms with Gasteiger partial charge in [0.1, 0.15) is 17.7 Å². The van der Waals surface area contributed by atoms with Crippen molar-refractivity contribution in [3.63, 3.8) is 0 Å². The number of aryl methyl sites for hydroxylation is 1. The number of hydrogen-bond acceptors (Lipinski definition) is 5. The monoisotopic (exact) mass is 284 g/mol. The summed E-state index contributed by atoms with van der Waals surface area (Å²) in [5.41, 5.74) is 1.99. The lowest BCUT2D eigenvalue weighted by molar-refractivity contribution is 0.0368. The first kappa shape index (κ1) is 13.8. The van der Waals surface area contributed by atoms with Gasteiger partial charge in [-0.3, -0.25) is 0 Å². The molecule has 3 heterocycles. The van der Waals surface area contributed by atoms with Crippen LogP contribution in [0, 0.1) is 6.92 Å². The quantitative estimate of drug-likeness (QED) is 0.938.